The maximum atomic E-state index is 2.78. The maximum absolute atomic E-state index is 2.78. The molecule has 0 heterocycles. The van der Waals surface area contributed by atoms with Gasteiger partial charge in [0.25, 0.3) is 0 Å². The zero-order valence-electron chi connectivity index (χ0n) is 7.23. The molecule has 0 nitrogen and oxygen atoms in total. The van der Waals surface area contributed by atoms with Crippen molar-refractivity contribution in [3.8, 4) is 0 Å². The standard InChI is InChI=1S/C8H19P.Cd/c1-2-3-4-5-6-7-8-9;/h2-9H2,1H3;. The van der Waals surface area contributed by atoms with E-state index in [0.29, 0.717) is 0 Å². The SMILES string of the molecule is CCCCCCCCP.[Cd]. The summed E-state index contributed by atoms with van der Waals surface area (Å²) in [5.41, 5.74) is 0. The van der Waals surface area contributed by atoms with Gasteiger partial charge < -0.3 is 0 Å². The first-order chi connectivity index (χ1) is 4.41. The van der Waals surface area contributed by atoms with Crippen molar-refractivity contribution in [3.05, 3.63) is 0 Å². The van der Waals surface area contributed by atoms with Gasteiger partial charge >= 0.3 is 0 Å². The zero-order valence-corrected chi connectivity index (χ0v) is 12.4. The van der Waals surface area contributed by atoms with Crippen LogP contribution in [0.2, 0.25) is 0 Å². The van der Waals surface area contributed by atoms with Crippen LogP contribution in [-0.4, -0.2) is 6.16 Å². The van der Waals surface area contributed by atoms with Crippen molar-refractivity contribution in [2.75, 3.05) is 6.16 Å². The van der Waals surface area contributed by atoms with Gasteiger partial charge in [-0.25, -0.2) is 0 Å². The van der Waals surface area contributed by atoms with Crippen LogP contribution in [0.5, 0.6) is 0 Å². The second-order valence-electron chi connectivity index (χ2n) is 2.56. The Morgan fingerprint density at radius 3 is 1.90 bits per heavy atom. The van der Waals surface area contributed by atoms with Crippen molar-refractivity contribution in [1.29, 1.82) is 0 Å². The Bertz CT molecular complexity index is 42.5. The van der Waals surface area contributed by atoms with Crippen molar-refractivity contribution in [1.82, 2.24) is 0 Å². The largest absolute Gasteiger partial charge is 0.138 e. The van der Waals surface area contributed by atoms with Gasteiger partial charge in [-0.15, -0.1) is 9.24 Å². The van der Waals surface area contributed by atoms with Gasteiger partial charge in [0.05, 0.1) is 0 Å². The van der Waals surface area contributed by atoms with E-state index in [1.807, 2.05) is 0 Å². The van der Waals surface area contributed by atoms with E-state index in [4.69, 9.17) is 0 Å². The molecule has 1 unspecified atom stereocenters. The van der Waals surface area contributed by atoms with Crippen LogP contribution in [0.3, 0.4) is 0 Å². The third-order valence-electron chi connectivity index (χ3n) is 1.56. The van der Waals surface area contributed by atoms with Gasteiger partial charge in [-0.1, -0.05) is 39.0 Å². The third kappa shape index (κ3) is 12.1. The van der Waals surface area contributed by atoms with Gasteiger partial charge in [-0.05, 0) is 12.6 Å². The molecule has 0 spiro atoms. The molecule has 0 aromatic carbocycles. The van der Waals surface area contributed by atoms with Gasteiger partial charge in [0.15, 0.2) is 0 Å². The van der Waals surface area contributed by atoms with Crippen molar-refractivity contribution >= 4 is 9.24 Å². The first kappa shape index (κ1) is 13.9. The van der Waals surface area contributed by atoms with E-state index in [0.717, 1.165) is 0 Å². The molecule has 0 N–H and O–H groups in total. The van der Waals surface area contributed by atoms with Crippen molar-refractivity contribution < 1.29 is 27.3 Å². The summed E-state index contributed by atoms with van der Waals surface area (Å²) < 4.78 is 0. The molecule has 0 radical (unpaired) electrons. The fourth-order valence-corrected chi connectivity index (χ4v) is 1.21. The molecule has 58 valence electrons. The van der Waals surface area contributed by atoms with E-state index in [-0.39, 0.29) is 27.3 Å². The van der Waals surface area contributed by atoms with Gasteiger partial charge in [-0.2, -0.15) is 0 Å². The molecule has 0 aliphatic heterocycles. The minimum absolute atomic E-state index is 0. The summed E-state index contributed by atoms with van der Waals surface area (Å²) in [6.07, 6.45) is 9.80. The molecule has 0 rings (SSSR count). The monoisotopic (exact) mass is 260 g/mol. The first-order valence-corrected chi connectivity index (χ1v) is 4.93. The van der Waals surface area contributed by atoms with Gasteiger partial charge in [0.2, 0.25) is 0 Å². The second-order valence-corrected chi connectivity index (χ2v) is 3.13. The quantitative estimate of drug-likeness (QED) is 0.390. The van der Waals surface area contributed by atoms with E-state index in [1.165, 1.54) is 44.7 Å². The van der Waals surface area contributed by atoms with Crippen molar-refractivity contribution in [2.24, 2.45) is 0 Å². The second kappa shape index (κ2) is 13.0. The molecule has 0 aromatic rings. The molecule has 0 aliphatic rings. The molecule has 2 heteroatoms. The molecule has 0 saturated carbocycles. The van der Waals surface area contributed by atoms with Crippen LogP contribution >= 0.6 is 9.24 Å². The summed E-state index contributed by atoms with van der Waals surface area (Å²) in [6.45, 7) is 2.26. The Balaban J connectivity index is 0. The van der Waals surface area contributed by atoms with Gasteiger partial charge in [0, 0.05) is 27.3 Å². The van der Waals surface area contributed by atoms with Crippen LogP contribution in [0.4, 0.5) is 0 Å². The molecule has 0 bridgehead atoms. The summed E-state index contributed by atoms with van der Waals surface area (Å²) in [4.78, 5) is 0. The summed E-state index contributed by atoms with van der Waals surface area (Å²) in [5.74, 6) is 0. The fraction of sp³-hybridized carbons (Fsp3) is 1.00. The zero-order chi connectivity index (χ0) is 6.95. The molecule has 0 aromatic heterocycles. The summed E-state index contributed by atoms with van der Waals surface area (Å²) >= 11 is 0. The van der Waals surface area contributed by atoms with Crippen LogP contribution in [0.15, 0.2) is 0 Å². The van der Waals surface area contributed by atoms with E-state index in [9.17, 15) is 0 Å². The average molecular weight is 259 g/mol. The Kier molecular flexibility index (Phi) is 18.1. The Morgan fingerprint density at radius 1 is 0.900 bits per heavy atom. The van der Waals surface area contributed by atoms with E-state index in [1.54, 1.807) is 0 Å². The molecule has 10 heavy (non-hydrogen) atoms. The molecule has 1 atom stereocenters. The van der Waals surface area contributed by atoms with Crippen molar-refractivity contribution in [2.45, 2.75) is 45.4 Å². The van der Waals surface area contributed by atoms with Crippen LogP contribution in [0, 0.1) is 0 Å². The molecule has 0 fully saturated rings. The molecule has 0 aliphatic carbocycles. The minimum Gasteiger partial charge on any atom is -0.138 e. The molecule has 0 amide bonds. The summed E-state index contributed by atoms with van der Waals surface area (Å²) in [5, 5.41) is 0. The van der Waals surface area contributed by atoms with Crippen LogP contribution < -0.4 is 0 Å². The predicted molar refractivity (Wildman–Crippen MR) is 48.0 cm³/mol. The van der Waals surface area contributed by atoms with Gasteiger partial charge in [-0.3, -0.25) is 0 Å². The smallest absolute Gasteiger partial charge is 0 e. The molecule has 0 saturated heterocycles. The van der Waals surface area contributed by atoms with Crippen LogP contribution in [0.1, 0.15) is 45.4 Å². The predicted octanol–water partition coefficient (Wildman–Crippen LogP) is 3.22. The summed E-state index contributed by atoms with van der Waals surface area (Å²) in [6, 6.07) is 0. The maximum Gasteiger partial charge on any atom is 0 e. The first-order valence-electron chi connectivity index (χ1n) is 4.12. The average Bonchev–Trinajstić information content (AvgIpc) is 1.89. The topological polar surface area (TPSA) is 0 Å². The molecular weight excluding hydrogens is 239 g/mol. The normalized spacial score (nSPS) is 9.00. The van der Waals surface area contributed by atoms with Crippen LogP contribution in [-0.2, 0) is 27.3 Å². The van der Waals surface area contributed by atoms with Crippen molar-refractivity contribution in [3.63, 3.8) is 0 Å². The Hall–Kier alpha value is 1.35. The van der Waals surface area contributed by atoms with Crippen LogP contribution in [0.25, 0.3) is 0 Å². The minimum atomic E-state index is 0. The Morgan fingerprint density at radius 2 is 1.40 bits per heavy atom. The third-order valence-corrected chi connectivity index (χ3v) is 1.97. The number of hydrogen-bond donors (Lipinski definition) is 0. The summed E-state index contributed by atoms with van der Waals surface area (Å²) in [7, 11) is 2.78. The number of unbranched alkanes of at least 4 members (excludes halogenated alkanes) is 5. The number of rotatable bonds is 6. The van der Waals surface area contributed by atoms with E-state index < -0.39 is 0 Å². The number of hydrogen-bond acceptors (Lipinski definition) is 0. The van der Waals surface area contributed by atoms with E-state index >= 15 is 0 Å². The molecular formula is C8H19CdP. The fourth-order valence-electron chi connectivity index (χ4n) is 0.925. The van der Waals surface area contributed by atoms with E-state index in [2.05, 4.69) is 16.2 Å². The Labute approximate surface area is 87.9 Å². The van der Waals surface area contributed by atoms with Gasteiger partial charge in [0.1, 0.15) is 0 Å².